The van der Waals surface area contributed by atoms with Gasteiger partial charge in [0, 0.05) is 0 Å². The molecule has 11 heteroatoms. The van der Waals surface area contributed by atoms with Gasteiger partial charge in [0.05, 0.1) is 0 Å². The Balaban J connectivity index is 2.22. The number of amides is 1. The van der Waals surface area contributed by atoms with Crippen LogP contribution in [0.2, 0.25) is 4.71 Å². The fourth-order valence-electron chi connectivity index (χ4n) is 2.36. The van der Waals surface area contributed by atoms with Gasteiger partial charge in [0.2, 0.25) is 0 Å². The minimum absolute atomic E-state index is 0.153. The summed E-state index contributed by atoms with van der Waals surface area (Å²) in [5.41, 5.74) is -1.17. The van der Waals surface area contributed by atoms with Gasteiger partial charge in [-0.1, -0.05) is 0 Å². The molecule has 0 aliphatic carbocycles. The average molecular weight is 491 g/mol. The van der Waals surface area contributed by atoms with Crippen LogP contribution in [0, 0.1) is 0 Å². The van der Waals surface area contributed by atoms with Crippen molar-refractivity contribution in [2.75, 3.05) is 13.1 Å². The summed E-state index contributed by atoms with van der Waals surface area (Å²) in [6, 6.07) is 3.02. The molecule has 1 fully saturated rings. The van der Waals surface area contributed by atoms with E-state index >= 15 is 0 Å². The Bertz CT molecular complexity index is 733. The predicted molar refractivity (Wildman–Crippen MR) is 84.7 cm³/mol. The molecule has 1 radical (unpaired) electrons. The average Bonchev–Trinajstić information content (AvgIpc) is 2.46. The van der Waals surface area contributed by atoms with E-state index in [1.165, 1.54) is 11.0 Å². The summed E-state index contributed by atoms with van der Waals surface area (Å²) < 4.78 is 64.3. The van der Waals surface area contributed by atoms with Crippen LogP contribution in [-0.2, 0) is 14.3 Å². The molecule has 1 aliphatic rings. The minimum atomic E-state index is -4.76. The van der Waals surface area contributed by atoms with E-state index in [2.05, 4.69) is 15.9 Å². The molecule has 2 rings (SSSR count). The molecule has 0 unspecified atom stereocenters. The summed E-state index contributed by atoms with van der Waals surface area (Å²) in [5, 5.41) is 8.87. The van der Waals surface area contributed by atoms with Gasteiger partial charge in [-0.05, 0) is 0 Å². The van der Waals surface area contributed by atoms with Crippen molar-refractivity contribution in [2.45, 2.75) is 28.6 Å². The number of likely N-dealkylation sites (tertiary alicyclic amines) is 1. The first-order chi connectivity index (χ1) is 11.0. The number of rotatable bonds is 3. The summed E-state index contributed by atoms with van der Waals surface area (Å²) in [6.45, 7) is 0.412. The molecule has 133 valence electrons. The van der Waals surface area contributed by atoms with Crippen LogP contribution in [-0.4, -0.2) is 52.2 Å². The fraction of sp³-hybridized carbons (Fsp3) is 0.462. The third-order valence-corrected chi connectivity index (χ3v) is 11.5. The monoisotopic (exact) mass is 490 g/mol. The number of benzene rings is 1. The molecular weight excluding hydrogens is 478 g/mol. The molecular formula is C13H13AsBrF3NO4S. The van der Waals surface area contributed by atoms with Crippen molar-refractivity contribution < 1.29 is 31.5 Å². The van der Waals surface area contributed by atoms with Crippen LogP contribution >= 0.6 is 15.9 Å². The van der Waals surface area contributed by atoms with Gasteiger partial charge in [-0.2, -0.15) is 0 Å². The maximum absolute atomic E-state index is 13.1. The fourth-order valence-corrected chi connectivity index (χ4v) is 10.1. The van der Waals surface area contributed by atoms with Gasteiger partial charge >= 0.3 is 151 Å². The number of hydrogen-bond acceptors (Lipinski definition) is 3. The van der Waals surface area contributed by atoms with E-state index < -0.39 is 45.4 Å². The van der Waals surface area contributed by atoms with E-state index in [9.17, 15) is 26.4 Å². The van der Waals surface area contributed by atoms with Crippen molar-refractivity contribution in [3.05, 3.63) is 28.2 Å². The Morgan fingerprint density at radius 3 is 2.38 bits per heavy atom. The number of halogens is 4. The van der Waals surface area contributed by atoms with Crippen LogP contribution < -0.4 is 0 Å². The van der Waals surface area contributed by atoms with Crippen LogP contribution in [0.3, 0.4) is 0 Å². The molecule has 24 heavy (non-hydrogen) atoms. The van der Waals surface area contributed by atoms with Gasteiger partial charge < -0.3 is 0 Å². The Kier molecular flexibility index (Phi) is 5.92. The number of alkyl halides is 3. The van der Waals surface area contributed by atoms with Gasteiger partial charge in [-0.25, -0.2) is 0 Å². The number of carbonyl (C=O) groups is 1. The molecule has 1 heterocycles. The van der Waals surface area contributed by atoms with Gasteiger partial charge in [-0.3, -0.25) is 0 Å². The summed E-state index contributed by atoms with van der Waals surface area (Å²) in [5.74, 6) is 0. The van der Waals surface area contributed by atoms with E-state index in [4.69, 9.17) is 5.11 Å². The maximum atomic E-state index is 13.1. The van der Waals surface area contributed by atoms with Gasteiger partial charge in [0.15, 0.2) is 0 Å². The van der Waals surface area contributed by atoms with Crippen molar-refractivity contribution in [3.63, 3.8) is 0 Å². The Morgan fingerprint density at radius 2 is 1.88 bits per heavy atom. The molecule has 1 saturated heterocycles. The predicted octanol–water partition coefficient (Wildman–Crippen LogP) is 3.42. The molecule has 0 bridgehead atoms. The Morgan fingerprint density at radius 1 is 1.29 bits per heavy atom. The van der Waals surface area contributed by atoms with Gasteiger partial charge in [0.25, 0.3) is 0 Å². The van der Waals surface area contributed by atoms with E-state index in [0.717, 1.165) is 12.1 Å². The van der Waals surface area contributed by atoms with E-state index in [1.54, 1.807) is 0 Å². The molecule has 1 aromatic rings. The number of hydrogen-bond donors (Lipinski definition) is 1. The third kappa shape index (κ3) is 4.67. The second kappa shape index (κ2) is 7.25. The quantitative estimate of drug-likeness (QED) is 0.659. The molecule has 0 atom stereocenters. The second-order valence-electron chi connectivity index (χ2n) is 5.22. The zero-order valence-corrected chi connectivity index (χ0v) is 16.4. The van der Waals surface area contributed by atoms with Crippen molar-refractivity contribution in [1.29, 1.82) is 0 Å². The van der Waals surface area contributed by atoms with Crippen LogP contribution in [0.4, 0.5) is 18.0 Å². The van der Waals surface area contributed by atoms with E-state index in [0.29, 0.717) is 12.8 Å². The summed E-state index contributed by atoms with van der Waals surface area (Å²) >= 11 is 1.50. The van der Waals surface area contributed by atoms with Crippen LogP contribution in [0.15, 0.2) is 27.6 Å². The zero-order valence-electron chi connectivity index (χ0n) is 12.1. The zero-order chi connectivity index (χ0) is 18.1. The molecule has 1 aromatic carbocycles. The molecule has 5 nitrogen and oxygen atoms in total. The van der Waals surface area contributed by atoms with Crippen molar-refractivity contribution in [2.24, 2.45) is 0 Å². The summed E-state index contributed by atoms with van der Waals surface area (Å²) in [4.78, 5) is 11.3. The summed E-state index contributed by atoms with van der Waals surface area (Å²) in [6.07, 6.45) is -5.13. The molecule has 0 spiro atoms. The van der Waals surface area contributed by atoms with Crippen LogP contribution in [0.5, 0.6) is 0 Å². The van der Waals surface area contributed by atoms with Crippen LogP contribution in [0.25, 0.3) is 0 Å². The normalized spacial score (nSPS) is 17.6. The molecule has 0 aromatic heterocycles. The number of piperidine rings is 1. The first-order valence-corrected chi connectivity index (χ1v) is 12.4. The Labute approximate surface area is 150 Å². The van der Waals surface area contributed by atoms with Crippen LogP contribution in [0.1, 0.15) is 18.4 Å². The standard InChI is InChI=1S/C13H13AsBrF3NO4S/c15-9-1-2-11(10(7-9)13(16,17)18)24(22,23)14-8-3-5-19(6-4-8)12(20)21/h1-2,7-8H,3-6H2,(H,20,21). The van der Waals surface area contributed by atoms with Crippen molar-refractivity contribution in [1.82, 2.24) is 4.90 Å². The molecule has 1 N–H and O–H groups in total. The third-order valence-electron chi connectivity index (χ3n) is 3.55. The molecule has 0 saturated carbocycles. The van der Waals surface area contributed by atoms with E-state index in [-0.39, 0.29) is 22.3 Å². The van der Waals surface area contributed by atoms with E-state index in [1.807, 2.05) is 0 Å². The van der Waals surface area contributed by atoms with Crippen molar-refractivity contribution in [3.8, 4) is 0 Å². The first-order valence-electron chi connectivity index (χ1n) is 6.82. The van der Waals surface area contributed by atoms with Crippen molar-refractivity contribution >= 4 is 44.7 Å². The SMILES string of the molecule is O=C(O)N1CCC([As]S(=O)(=O)c2ccc(Br)cc2C(F)(F)F)CC1. The summed E-state index contributed by atoms with van der Waals surface area (Å²) in [7, 11) is -4.04. The van der Waals surface area contributed by atoms with Gasteiger partial charge in [0.1, 0.15) is 0 Å². The molecule has 1 aliphatic heterocycles. The number of nitrogens with zero attached hydrogens (tertiary/aromatic N) is 1. The topological polar surface area (TPSA) is 74.7 Å². The second-order valence-corrected chi connectivity index (χ2v) is 13.6. The first kappa shape index (κ1) is 19.6. The Hall–Kier alpha value is -0.732. The van der Waals surface area contributed by atoms with Gasteiger partial charge in [-0.15, -0.1) is 0 Å². The molecule has 1 amide bonds. The number of carboxylic acid groups (broad SMARTS) is 1.